The lowest BCUT2D eigenvalue weighted by Crippen LogP contribution is -2.20. The fraction of sp³-hybridized carbons (Fsp3) is 0.0769. The van der Waals surface area contributed by atoms with Gasteiger partial charge in [0.15, 0.2) is 0 Å². The SMILES string of the molecule is O=C1NC(=O)C(c2ccc3ccccc3c2)O1.O=C1NC(=S)OC1c1ccc2ccccc2c1. The summed E-state index contributed by atoms with van der Waals surface area (Å²) in [5.74, 6) is -0.615. The second-order valence-corrected chi connectivity index (χ2v) is 8.13. The molecule has 4 aromatic rings. The summed E-state index contributed by atoms with van der Waals surface area (Å²) in [4.78, 5) is 34.0. The van der Waals surface area contributed by atoms with Gasteiger partial charge in [0.05, 0.1) is 0 Å². The van der Waals surface area contributed by atoms with Crippen molar-refractivity contribution in [1.82, 2.24) is 10.6 Å². The van der Waals surface area contributed by atoms with E-state index in [0.29, 0.717) is 5.56 Å². The van der Waals surface area contributed by atoms with E-state index in [2.05, 4.69) is 10.6 Å². The molecule has 2 unspecified atom stereocenters. The maximum absolute atomic E-state index is 11.6. The molecule has 2 aliphatic heterocycles. The van der Waals surface area contributed by atoms with Crippen molar-refractivity contribution in [3.05, 3.63) is 96.1 Å². The third kappa shape index (κ3) is 4.31. The first-order chi connectivity index (χ1) is 16.5. The van der Waals surface area contributed by atoms with Crippen LogP contribution < -0.4 is 10.6 Å². The number of rotatable bonds is 2. The van der Waals surface area contributed by atoms with Crippen molar-refractivity contribution in [2.24, 2.45) is 0 Å². The summed E-state index contributed by atoms with van der Waals surface area (Å²) in [5, 5.41) is 9.06. The molecule has 8 heteroatoms. The van der Waals surface area contributed by atoms with Crippen LogP contribution in [-0.2, 0) is 19.1 Å². The van der Waals surface area contributed by atoms with Gasteiger partial charge in [-0.15, -0.1) is 0 Å². The Hall–Kier alpha value is -4.30. The molecule has 4 aromatic carbocycles. The highest BCUT2D eigenvalue weighted by Crippen LogP contribution is 2.26. The molecule has 34 heavy (non-hydrogen) atoms. The van der Waals surface area contributed by atoms with Gasteiger partial charge in [0.1, 0.15) is 0 Å². The van der Waals surface area contributed by atoms with Gasteiger partial charge in [0.2, 0.25) is 12.2 Å². The summed E-state index contributed by atoms with van der Waals surface area (Å²) in [6.07, 6.45) is -2.13. The Morgan fingerprint density at radius 3 is 1.50 bits per heavy atom. The van der Waals surface area contributed by atoms with Gasteiger partial charge in [-0.25, -0.2) is 4.79 Å². The fourth-order valence-electron chi connectivity index (χ4n) is 3.89. The number of alkyl carbamates (subject to hydrolysis) is 1. The molecular weight excluding hydrogens is 452 g/mol. The van der Waals surface area contributed by atoms with Crippen LogP contribution in [0.5, 0.6) is 0 Å². The molecule has 2 N–H and O–H groups in total. The van der Waals surface area contributed by atoms with E-state index in [4.69, 9.17) is 21.7 Å². The second-order valence-electron chi connectivity index (χ2n) is 7.76. The predicted octanol–water partition coefficient (Wildman–Crippen LogP) is 4.46. The van der Waals surface area contributed by atoms with Gasteiger partial charge >= 0.3 is 6.09 Å². The number of imide groups is 1. The fourth-order valence-corrected chi connectivity index (χ4v) is 4.09. The molecule has 0 radical (unpaired) electrons. The Kier molecular flexibility index (Phi) is 5.65. The third-order valence-electron chi connectivity index (χ3n) is 5.53. The average Bonchev–Trinajstić information content (AvgIpc) is 3.38. The number of carbonyl (C=O) groups excluding carboxylic acids is 3. The average molecular weight is 471 g/mol. The molecule has 168 valence electrons. The number of hydrogen-bond donors (Lipinski definition) is 2. The van der Waals surface area contributed by atoms with Crippen LogP contribution in [0.15, 0.2) is 84.9 Å². The Bertz CT molecular complexity index is 1360. The van der Waals surface area contributed by atoms with E-state index in [1.54, 1.807) is 6.07 Å². The van der Waals surface area contributed by atoms with Crippen LogP contribution in [-0.4, -0.2) is 23.1 Å². The lowest BCUT2D eigenvalue weighted by atomic mass is 10.0. The van der Waals surface area contributed by atoms with Crippen molar-refractivity contribution in [3.8, 4) is 0 Å². The van der Waals surface area contributed by atoms with Gasteiger partial charge in [-0.3, -0.25) is 20.2 Å². The quantitative estimate of drug-likeness (QED) is 0.420. The summed E-state index contributed by atoms with van der Waals surface area (Å²) in [6, 6.07) is 27.2. The number of carbonyl (C=O) groups is 3. The molecule has 3 amide bonds. The number of fused-ring (bicyclic) bond motifs is 2. The van der Waals surface area contributed by atoms with Gasteiger partial charge in [-0.05, 0) is 45.9 Å². The first kappa shape index (κ1) is 21.5. The molecule has 2 aliphatic rings. The predicted molar refractivity (Wildman–Crippen MR) is 130 cm³/mol. The van der Waals surface area contributed by atoms with Crippen molar-refractivity contribution >= 4 is 56.8 Å². The Balaban J connectivity index is 0.000000142. The molecule has 6 rings (SSSR count). The maximum Gasteiger partial charge on any atom is 0.415 e. The number of nitrogens with one attached hydrogen (secondary N) is 2. The monoisotopic (exact) mass is 470 g/mol. The van der Waals surface area contributed by atoms with Gasteiger partial charge in [-0.1, -0.05) is 72.8 Å². The minimum absolute atomic E-state index is 0.146. The van der Waals surface area contributed by atoms with Crippen LogP contribution in [0.25, 0.3) is 21.5 Å². The molecule has 2 fully saturated rings. The van der Waals surface area contributed by atoms with E-state index in [1.165, 1.54) is 0 Å². The number of cyclic esters (lactones) is 1. The Morgan fingerprint density at radius 2 is 1.06 bits per heavy atom. The number of benzene rings is 4. The standard InChI is InChI=1S/C13H9NO3.C13H9NO2S/c15-12-11(17-13(16)14-12)10-6-5-8-3-1-2-4-9(8)7-10;15-12-11(16-13(17)14-12)10-6-5-8-3-1-2-4-9(8)7-10/h1-7,11H,(H,14,15,16);1-7,11H,(H,14,15,17). The van der Waals surface area contributed by atoms with Crippen LogP contribution in [0.2, 0.25) is 0 Å². The number of hydrogen-bond acceptors (Lipinski definition) is 6. The van der Waals surface area contributed by atoms with E-state index in [0.717, 1.165) is 27.1 Å². The summed E-state index contributed by atoms with van der Waals surface area (Å²) in [6.45, 7) is 0. The number of thiocarbonyl (C=S) groups is 1. The van der Waals surface area contributed by atoms with E-state index < -0.39 is 24.2 Å². The zero-order chi connectivity index (χ0) is 23.7. The third-order valence-corrected chi connectivity index (χ3v) is 5.73. The van der Waals surface area contributed by atoms with E-state index in [1.807, 2.05) is 78.9 Å². The first-order valence-electron chi connectivity index (χ1n) is 10.5. The van der Waals surface area contributed by atoms with Crippen LogP contribution >= 0.6 is 12.2 Å². The largest absolute Gasteiger partial charge is 0.452 e. The maximum atomic E-state index is 11.6. The topological polar surface area (TPSA) is 93.7 Å². The molecule has 0 saturated carbocycles. The Labute approximate surface area is 199 Å². The highest BCUT2D eigenvalue weighted by Gasteiger charge is 2.33. The molecular formula is C26H18N2O5S. The molecule has 2 atom stereocenters. The molecule has 2 heterocycles. The van der Waals surface area contributed by atoms with E-state index in [9.17, 15) is 14.4 Å². The van der Waals surface area contributed by atoms with Crippen molar-refractivity contribution in [2.45, 2.75) is 12.2 Å². The summed E-state index contributed by atoms with van der Waals surface area (Å²) >= 11 is 4.81. The molecule has 2 saturated heterocycles. The number of ether oxygens (including phenoxy) is 2. The zero-order valence-electron chi connectivity index (χ0n) is 17.7. The molecule has 0 aromatic heterocycles. The van der Waals surface area contributed by atoms with Crippen molar-refractivity contribution in [1.29, 1.82) is 0 Å². The van der Waals surface area contributed by atoms with Crippen LogP contribution in [0.3, 0.4) is 0 Å². The highest BCUT2D eigenvalue weighted by molar-refractivity contribution is 7.80. The molecule has 0 spiro atoms. The highest BCUT2D eigenvalue weighted by atomic mass is 32.1. The van der Waals surface area contributed by atoms with Gasteiger partial charge in [0, 0.05) is 11.1 Å². The molecule has 0 bridgehead atoms. The summed E-state index contributed by atoms with van der Waals surface area (Å²) in [7, 11) is 0. The van der Waals surface area contributed by atoms with Crippen molar-refractivity contribution < 1.29 is 23.9 Å². The van der Waals surface area contributed by atoms with Crippen LogP contribution in [0.1, 0.15) is 23.3 Å². The number of amides is 3. The van der Waals surface area contributed by atoms with Crippen LogP contribution in [0, 0.1) is 0 Å². The normalized spacial score (nSPS) is 19.2. The van der Waals surface area contributed by atoms with Crippen molar-refractivity contribution in [3.63, 3.8) is 0 Å². The van der Waals surface area contributed by atoms with Gasteiger partial charge in [-0.2, -0.15) is 0 Å². The molecule has 7 nitrogen and oxygen atoms in total. The van der Waals surface area contributed by atoms with Crippen molar-refractivity contribution in [2.75, 3.05) is 0 Å². The minimum atomic E-state index is -0.827. The second kappa shape index (κ2) is 8.92. The smallest absolute Gasteiger partial charge is 0.415 e. The van der Waals surface area contributed by atoms with E-state index in [-0.39, 0.29) is 11.1 Å². The first-order valence-corrected chi connectivity index (χ1v) is 10.9. The summed E-state index contributed by atoms with van der Waals surface area (Å²) < 4.78 is 10.2. The lowest BCUT2D eigenvalue weighted by molar-refractivity contribution is -0.124. The lowest BCUT2D eigenvalue weighted by Gasteiger charge is -2.08. The Morgan fingerprint density at radius 1 is 0.588 bits per heavy atom. The van der Waals surface area contributed by atoms with Gasteiger partial charge in [0.25, 0.3) is 17.0 Å². The van der Waals surface area contributed by atoms with Crippen LogP contribution in [0.4, 0.5) is 4.79 Å². The van der Waals surface area contributed by atoms with E-state index >= 15 is 0 Å². The molecule has 0 aliphatic carbocycles. The minimum Gasteiger partial charge on any atom is -0.452 e. The summed E-state index contributed by atoms with van der Waals surface area (Å²) in [5.41, 5.74) is 1.51. The van der Waals surface area contributed by atoms with Gasteiger partial charge < -0.3 is 9.47 Å². The zero-order valence-corrected chi connectivity index (χ0v) is 18.5.